The van der Waals surface area contributed by atoms with E-state index in [1.54, 1.807) is 0 Å². The Labute approximate surface area is 197 Å². The summed E-state index contributed by atoms with van der Waals surface area (Å²) in [4.78, 5) is 11.9. The number of aliphatic hydroxyl groups is 1. The molecule has 0 spiro atoms. The molecule has 3 rings (SSSR count). The number of methoxy groups -OCH3 is 2. The summed E-state index contributed by atoms with van der Waals surface area (Å²) >= 11 is 0. The van der Waals surface area contributed by atoms with Gasteiger partial charge in [-0.1, -0.05) is 12.1 Å². The highest BCUT2D eigenvalue weighted by Gasteiger charge is 2.22. The molecule has 0 aromatic heterocycles. The molecule has 11 heteroatoms. The number of carbonyl (C=O) groups is 1. The van der Waals surface area contributed by atoms with Gasteiger partial charge in [-0.2, -0.15) is 0 Å². The summed E-state index contributed by atoms with van der Waals surface area (Å²) in [5.41, 5.74) is 0.663. The van der Waals surface area contributed by atoms with Gasteiger partial charge >= 0.3 is 5.97 Å². The Morgan fingerprint density at radius 2 is 1.50 bits per heavy atom. The Kier molecular flexibility index (Phi) is 7.60. The van der Waals surface area contributed by atoms with Crippen molar-refractivity contribution in [2.75, 3.05) is 18.9 Å². The summed E-state index contributed by atoms with van der Waals surface area (Å²) in [5, 5.41) is 9.16. The van der Waals surface area contributed by atoms with Gasteiger partial charge in [0.25, 0.3) is 10.0 Å². The minimum absolute atomic E-state index is 0.00373. The van der Waals surface area contributed by atoms with Gasteiger partial charge in [-0.3, -0.25) is 4.72 Å². The lowest BCUT2D eigenvalue weighted by Gasteiger charge is -2.15. The Morgan fingerprint density at radius 1 is 0.882 bits per heavy atom. The summed E-state index contributed by atoms with van der Waals surface area (Å²) in [7, 11) is -5.36. The van der Waals surface area contributed by atoms with E-state index in [0.29, 0.717) is 11.3 Å². The van der Waals surface area contributed by atoms with E-state index in [2.05, 4.69) is 4.72 Å². The zero-order valence-electron chi connectivity index (χ0n) is 18.4. The minimum atomic E-state index is -4.09. The lowest BCUT2D eigenvalue weighted by molar-refractivity contribution is 0.0600. The number of hydrogen-bond donors (Lipinski definition) is 2. The highest BCUT2D eigenvalue weighted by molar-refractivity contribution is 7.92. The molecule has 0 unspecified atom stereocenters. The fraction of sp³-hybridized carbons (Fsp3) is 0.174. The number of aliphatic hydroxyl groups excluding tert-OH is 1. The molecule has 3 aromatic carbocycles. The number of esters is 1. The molecule has 0 fully saturated rings. The zero-order chi connectivity index (χ0) is 24.9. The van der Waals surface area contributed by atoms with Crippen LogP contribution in [0.4, 0.5) is 5.69 Å². The van der Waals surface area contributed by atoms with Crippen molar-refractivity contribution in [3.63, 3.8) is 0 Å². The third kappa shape index (κ3) is 5.74. The number of benzene rings is 3. The summed E-state index contributed by atoms with van der Waals surface area (Å²) in [5.74, 6) is -0.796. The standard InChI is InChI=1S/C23H23NO8S2/c1-31-19-6-10-20(11-7-19)33(27,28)15-18-13-17(23(26)32-2)5-12-22(18)24-34(29,30)21-8-3-16(14-25)4-9-21/h3-13,24-25H,14-15H2,1-2H3. The van der Waals surface area contributed by atoms with Crippen molar-refractivity contribution in [2.45, 2.75) is 22.2 Å². The molecule has 0 amide bonds. The topological polar surface area (TPSA) is 136 Å². The van der Waals surface area contributed by atoms with Crippen molar-refractivity contribution < 1.29 is 36.2 Å². The van der Waals surface area contributed by atoms with Crippen LogP contribution in [0.2, 0.25) is 0 Å². The molecule has 0 aliphatic rings. The van der Waals surface area contributed by atoms with E-state index < -0.39 is 31.6 Å². The quantitative estimate of drug-likeness (QED) is 0.424. The van der Waals surface area contributed by atoms with E-state index in [4.69, 9.17) is 14.6 Å². The van der Waals surface area contributed by atoms with Gasteiger partial charge in [-0.05, 0) is 65.7 Å². The van der Waals surface area contributed by atoms with Crippen molar-refractivity contribution in [1.29, 1.82) is 0 Å². The largest absolute Gasteiger partial charge is 0.497 e. The first-order valence-electron chi connectivity index (χ1n) is 9.90. The van der Waals surface area contributed by atoms with E-state index in [0.717, 1.165) is 0 Å². The molecule has 180 valence electrons. The van der Waals surface area contributed by atoms with Gasteiger partial charge in [-0.15, -0.1) is 0 Å². The first kappa shape index (κ1) is 25.2. The average molecular weight is 506 g/mol. The minimum Gasteiger partial charge on any atom is -0.497 e. The summed E-state index contributed by atoms with van der Waals surface area (Å²) < 4.78 is 64.1. The molecule has 3 aromatic rings. The molecule has 2 N–H and O–H groups in total. The lowest BCUT2D eigenvalue weighted by Crippen LogP contribution is -2.16. The normalized spacial score (nSPS) is 11.6. The van der Waals surface area contributed by atoms with Gasteiger partial charge in [0.1, 0.15) is 5.75 Å². The Bertz CT molecular complexity index is 1380. The predicted molar refractivity (Wildman–Crippen MR) is 125 cm³/mol. The van der Waals surface area contributed by atoms with Gasteiger partial charge in [-0.25, -0.2) is 21.6 Å². The third-order valence-electron chi connectivity index (χ3n) is 4.95. The van der Waals surface area contributed by atoms with Crippen LogP contribution in [-0.4, -0.2) is 42.1 Å². The van der Waals surface area contributed by atoms with Crippen LogP contribution < -0.4 is 9.46 Å². The van der Waals surface area contributed by atoms with Gasteiger partial charge in [0.05, 0.1) is 47.6 Å². The van der Waals surface area contributed by atoms with Gasteiger partial charge in [0.15, 0.2) is 9.84 Å². The number of sulfone groups is 1. The average Bonchev–Trinajstić information content (AvgIpc) is 2.84. The number of carbonyl (C=O) groups excluding carboxylic acids is 1. The van der Waals surface area contributed by atoms with E-state index >= 15 is 0 Å². The maximum absolute atomic E-state index is 13.1. The smallest absolute Gasteiger partial charge is 0.337 e. The third-order valence-corrected chi connectivity index (χ3v) is 8.01. The van der Waals surface area contributed by atoms with Crippen molar-refractivity contribution in [3.8, 4) is 5.75 Å². The number of nitrogens with one attached hydrogen (secondary N) is 1. The van der Waals surface area contributed by atoms with E-state index in [1.165, 1.54) is 80.9 Å². The lowest BCUT2D eigenvalue weighted by atomic mass is 10.1. The maximum atomic E-state index is 13.1. The summed E-state index contributed by atoms with van der Waals surface area (Å²) in [6, 6.07) is 15.2. The molecular formula is C23H23NO8S2. The van der Waals surface area contributed by atoms with Crippen LogP contribution in [-0.2, 0) is 37.0 Å². The fourth-order valence-electron chi connectivity index (χ4n) is 3.11. The Morgan fingerprint density at radius 3 is 2.06 bits per heavy atom. The molecule has 34 heavy (non-hydrogen) atoms. The van der Waals surface area contributed by atoms with Crippen LogP contribution in [0.25, 0.3) is 0 Å². The van der Waals surface area contributed by atoms with E-state index in [1.807, 2.05) is 0 Å². The molecule has 0 aliphatic heterocycles. The zero-order valence-corrected chi connectivity index (χ0v) is 20.0. The van der Waals surface area contributed by atoms with Crippen LogP contribution in [0.15, 0.2) is 76.5 Å². The Hall–Kier alpha value is -3.41. The number of anilines is 1. The molecule has 9 nitrogen and oxygen atoms in total. The van der Waals surface area contributed by atoms with Crippen LogP contribution in [0.5, 0.6) is 5.75 Å². The highest BCUT2D eigenvalue weighted by atomic mass is 32.2. The fourth-order valence-corrected chi connectivity index (χ4v) is 5.57. The van der Waals surface area contributed by atoms with Crippen molar-refractivity contribution in [3.05, 3.63) is 83.4 Å². The molecule has 0 bridgehead atoms. The van der Waals surface area contributed by atoms with E-state index in [9.17, 15) is 21.6 Å². The van der Waals surface area contributed by atoms with Crippen LogP contribution in [0, 0.1) is 0 Å². The molecule has 0 heterocycles. The van der Waals surface area contributed by atoms with E-state index in [-0.39, 0.29) is 33.2 Å². The van der Waals surface area contributed by atoms with Gasteiger partial charge in [0.2, 0.25) is 0 Å². The second-order valence-electron chi connectivity index (χ2n) is 7.21. The van der Waals surface area contributed by atoms with Crippen LogP contribution in [0.1, 0.15) is 21.5 Å². The molecule has 0 radical (unpaired) electrons. The highest BCUT2D eigenvalue weighted by Crippen LogP contribution is 2.27. The van der Waals surface area contributed by atoms with Crippen molar-refractivity contribution >= 4 is 31.5 Å². The first-order chi connectivity index (χ1) is 16.1. The van der Waals surface area contributed by atoms with Gasteiger partial charge < -0.3 is 14.6 Å². The number of sulfonamides is 1. The monoisotopic (exact) mass is 505 g/mol. The van der Waals surface area contributed by atoms with Crippen molar-refractivity contribution in [2.24, 2.45) is 0 Å². The SMILES string of the molecule is COC(=O)c1ccc(NS(=O)(=O)c2ccc(CO)cc2)c(CS(=O)(=O)c2ccc(OC)cc2)c1. The van der Waals surface area contributed by atoms with Crippen LogP contribution >= 0.6 is 0 Å². The molecule has 0 saturated carbocycles. The molecule has 0 aliphatic carbocycles. The molecular weight excluding hydrogens is 482 g/mol. The first-order valence-corrected chi connectivity index (χ1v) is 13.0. The molecule has 0 saturated heterocycles. The predicted octanol–water partition coefficient (Wildman–Crippen LogP) is 2.75. The van der Waals surface area contributed by atoms with Crippen molar-refractivity contribution in [1.82, 2.24) is 0 Å². The molecule has 0 atom stereocenters. The summed E-state index contributed by atoms with van der Waals surface area (Å²) in [6.45, 7) is -0.240. The van der Waals surface area contributed by atoms with Crippen LogP contribution in [0.3, 0.4) is 0 Å². The number of ether oxygens (including phenoxy) is 2. The Balaban J connectivity index is 2.01. The maximum Gasteiger partial charge on any atom is 0.337 e. The second-order valence-corrected chi connectivity index (χ2v) is 10.9. The summed E-state index contributed by atoms with van der Waals surface area (Å²) in [6.07, 6.45) is 0. The number of hydrogen-bond acceptors (Lipinski definition) is 8. The van der Waals surface area contributed by atoms with Gasteiger partial charge in [0, 0.05) is 0 Å². The number of rotatable bonds is 9. The second kappa shape index (κ2) is 10.2.